The molecule has 0 spiro atoms. The second kappa shape index (κ2) is 5.29. The molecule has 0 bridgehead atoms. The maximum atomic E-state index is 13.0. The second-order valence-corrected chi connectivity index (χ2v) is 5.91. The van der Waals surface area contributed by atoms with Crippen LogP contribution < -0.4 is 4.72 Å². The number of nitrogens with zero attached hydrogens (tertiary/aromatic N) is 1. The van der Waals surface area contributed by atoms with Gasteiger partial charge >= 0.3 is 0 Å². The fourth-order valence-electron chi connectivity index (χ4n) is 1.85. The molecule has 1 N–H and O–H groups in total. The zero-order chi connectivity index (χ0) is 13.2. The average Bonchev–Trinajstić information content (AvgIpc) is 2.31. The predicted octanol–water partition coefficient (Wildman–Crippen LogP) is 1.05. The molecule has 100 valence electrons. The lowest BCUT2D eigenvalue weighted by Gasteiger charge is -2.26. The molecule has 2 rings (SSSR count). The molecular weight excluding hydrogens is 262 g/mol. The van der Waals surface area contributed by atoms with E-state index in [1.807, 2.05) is 0 Å². The molecule has 1 aromatic carbocycles. The first-order valence-corrected chi connectivity index (χ1v) is 7.12. The molecular formula is C11H14F2N2O2S. The number of hydrogen-bond donors (Lipinski definition) is 1. The number of halogens is 2. The smallest absolute Gasteiger partial charge is 0.204 e. The highest BCUT2D eigenvalue weighted by atomic mass is 32.2. The SMILES string of the molecule is O=S1(=O)NCCCN1CCc1ccc(F)c(F)c1. The lowest BCUT2D eigenvalue weighted by Crippen LogP contribution is -2.47. The molecule has 1 aliphatic rings. The molecule has 18 heavy (non-hydrogen) atoms. The van der Waals surface area contributed by atoms with Crippen LogP contribution in [-0.2, 0) is 16.6 Å². The fraction of sp³-hybridized carbons (Fsp3) is 0.455. The molecule has 0 saturated carbocycles. The quantitative estimate of drug-likeness (QED) is 0.897. The summed E-state index contributed by atoms with van der Waals surface area (Å²) in [6.07, 6.45) is 1.11. The van der Waals surface area contributed by atoms with E-state index in [1.54, 1.807) is 0 Å². The van der Waals surface area contributed by atoms with Crippen molar-refractivity contribution in [1.29, 1.82) is 0 Å². The van der Waals surface area contributed by atoms with Crippen LogP contribution in [0.25, 0.3) is 0 Å². The molecule has 1 aromatic rings. The molecule has 0 radical (unpaired) electrons. The van der Waals surface area contributed by atoms with Crippen molar-refractivity contribution in [2.45, 2.75) is 12.8 Å². The van der Waals surface area contributed by atoms with Crippen LogP contribution in [-0.4, -0.2) is 32.4 Å². The van der Waals surface area contributed by atoms with Crippen LogP contribution in [0.4, 0.5) is 8.78 Å². The molecule has 1 saturated heterocycles. The average molecular weight is 276 g/mol. The van der Waals surface area contributed by atoms with Gasteiger partial charge in [0.2, 0.25) is 0 Å². The maximum Gasteiger partial charge on any atom is 0.279 e. The Morgan fingerprint density at radius 1 is 1.28 bits per heavy atom. The van der Waals surface area contributed by atoms with Gasteiger partial charge in [0, 0.05) is 19.6 Å². The van der Waals surface area contributed by atoms with Crippen LogP contribution in [0.15, 0.2) is 18.2 Å². The van der Waals surface area contributed by atoms with Gasteiger partial charge in [-0.2, -0.15) is 12.7 Å². The minimum absolute atomic E-state index is 0.264. The van der Waals surface area contributed by atoms with Crippen molar-refractivity contribution < 1.29 is 17.2 Å². The molecule has 1 aliphatic heterocycles. The topological polar surface area (TPSA) is 49.4 Å². The van der Waals surface area contributed by atoms with Crippen LogP contribution >= 0.6 is 0 Å². The van der Waals surface area contributed by atoms with Crippen LogP contribution in [0.5, 0.6) is 0 Å². The number of nitrogens with one attached hydrogen (secondary N) is 1. The minimum Gasteiger partial charge on any atom is -0.204 e. The summed E-state index contributed by atoms with van der Waals surface area (Å²) in [5.41, 5.74) is 0.578. The zero-order valence-electron chi connectivity index (χ0n) is 9.70. The molecule has 0 atom stereocenters. The summed E-state index contributed by atoms with van der Waals surface area (Å²) in [7, 11) is -3.40. The molecule has 0 aliphatic carbocycles. The molecule has 0 aromatic heterocycles. The Balaban J connectivity index is 2.00. The molecule has 1 fully saturated rings. The van der Waals surface area contributed by atoms with Crippen molar-refractivity contribution in [3.05, 3.63) is 35.4 Å². The molecule has 0 amide bonds. The van der Waals surface area contributed by atoms with Crippen molar-refractivity contribution in [2.75, 3.05) is 19.6 Å². The summed E-state index contributed by atoms with van der Waals surface area (Å²) >= 11 is 0. The molecule has 7 heteroatoms. The van der Waals surface area contributed by atoms with Gasteiger partial charge in [-0.25, -0.2) is 13.5 Å². The number of rotatable bonds is 3. The molecule has 1 heterocycles. The summed E-state index contributed by atoms with van der Waals surface area (Å²) in [5, 5.41) is 0. The van der Waals surface area contributed by atoms with E-state index in [-0.39, 0.29) is 6.54 Å². The van der Waals surface area contributed by atoms with Gasteiger partial charge in [-0.1, -0.05) is 6.07 Å². The number of hydrogen-bond acceptors (Lipinski definition) is 2. The van der Waals surface area contributed by atoms with Gasteiger partial charge in [0.1, 0.15) is 0 Å². The van der Waals surface area contributed by atoms with Crippen molar-refractivity contribution >= 4 is 10.2 Å². The lowest BCUT2D eigenvalue weighted by atomic mass is 10.1. The fourth-order valence-corrected chi connectivity index (χ4v) is 3.13. The van der Waals surface area contributed by atoms with Gasteiger partial charge in [-0.05, 0) is 30.5 Å². The van der Waals surface area contributed by atoms with E-state index >= 15 is 0 Å². The Kier molecular flexibility index (Phi) is 3.94. The first kappa shape index (κ1) is 13.4. The summed E-state index contributed by atoms with van der Waals surface area (Å²) in [6, 6.07) is 3.61. The van der Waals surface area contributed by atoms with Crippen molar-refractivity contribution in [3.8, 4) is 0 Å². The Bertz CT molecular complexity index is 534. The van der Waals surface area contributed by atoms with Crippen LogP contribution in [0.3, 0.4) is 0 Å². The predicted molar refractivity (Wildman–Crippen MR) is 63.2 cm³/mol. The highest BCUT2D eigenvalue weighted by Crippen LogP contribution is 2.12. The van der Waals surface area contributed by atoms with Gasteiger partial charge < -0.3 is 0 Å². The third-order valence-corrected chi connectivity index (χ3v) is 4.46. The van der Waals surface area contributed by atoms with Crippen molar-refractivity contribution in [1.82, 2.24) is 9.03 Å². The highest BCUT2D eigenvalue weighted by Gasteiger charge is 2.24. The minimum atomic E-state index is -3.40. The summed E-state index contributed by atoms with van der Waals surface area (Å²) < 4.78 is 52.7. The van der Waals surface area contributed by atoms with Gasteiger partial charge in [-0.3, -0.25) is 0 Å². The van der Waals surface area contributed by atoms with Gasteiger partial charge in [0.25, 0.3) is 10.2 Å². The van der Waals surface area contributed by atoms with Crippen molar-refractivity contribution in [2.24, 2.45) is 0 Å². The van der Waals surface area contributed by atoms with E-state index < -0.39 is 21.8 Å². The van der Waals surface area contributed by atoms with Crippen LogP contribution in [0.2, 0.25) is 0 Å². The highest BCUT2D eigenvalue weighted by molar-refractivity contribution is 7.87. The van der Waals surface area contributed by atoms with E-state index in [9.17, 15) is 17.2 Å². The Morgan fingerprint density at radius 2 is 2.06 bits per heavy atom. The summed E-state index contributed by atoms with van der Waals surface area (Å²) in [4.78, 5) is 0. The number of benzene rings is 1. The van der Waals surface area contributed by atoms with Gasteiger partial charge in [0.05, 0.1) is 0 Å². The third kappa shape index (κ3) is 3.04. The Hall–Kier alpha value is -1.05. The monoisotopic (exact) mass is 276 g/mol. The summed E-state index contributed by atoms with van der Waals surface area (Å²) in [5.74, 6) is -1.81. The lowest BCUT2D eigenvalue weighted by molar-refractivity contribution is 0.377. The Morgan fingerprint density at radius 3 is 2.72 bits per heavy atom. The standard InChI is InChI=1S/C11H14F2N2O2S/c12-10-3-2-9(8-11(10)13)4-7-15-6-1-5-14-18(15,16)17/h2-3,8,14H,1,4-7H2. The van der Waals surface area contributed by atoms with E-state index in [0.717, 1.165) is 18.6 Å². The summed E-state index contributed by atoms with van der Waals surface area (Å²) in [6.45, 7) is 1.17. The molecule has 4 nitrogen and oxygen atoms in total. The van der Waals surface area contributed by atoms with E-state index in [2.05, 4.69) is 4.72 Å². The van der Waals surface area contributed by atoms with Gasteiger partial charge in [-0.15, -0.1) is 0 Å². The Labute approximate surface area is 105 Å². The van der Waals surface area contributed by atoms with Crippen LogP contribution in [0.1, 0.15) is 12.0 Å². The molecule has 0 unspecified atom stereocenters. The van der Waals surface area contributed by atoms with Crippen LogP contribution in [0, 0.1) is 11.6 Å². The van der Waals surface area contributed by atoms with E-state index in [0.29, 0.717) is 25.1 Å². The first-order valence-electron chi connectivity index (χ1n) is 5.68. The van der Waals surface area contributed by atoms with Crippen molar-refractivity contribution in [3.63, 3.8) is 0 Å². The van der Waals surface area contributed by atoms with E-state index in [4.69, 9.17) is 0 Å². The normalized spacial score (nSPS) is 19.9. The third-order valence-electron chi connectivity index (χ3n) is 2.84. The largest absolute Gasteiger partial charge is 0.279 e. The first-order chi connectivity index (χ1) is 8.49. The second-order valence-electron chi connectivity index (χ2n) is 4.15. The zero-order valence-corrected chi connectivity index (χ0v) is 10.5. The van der Waals surface area contributed by atoms with Gasteiger partial charge in [0.15, 0.2) is 11.6 Å². The van der Waals surface area contributed by atoms with E-state index in [1.165, 1.54) is 10.4 Å². The maximum absolute atomic E-state index is 13.0.